The SMILES string of the molecule is COC(=O)c1[nH]c(C)c(C(=O)[C@@H](C)N(C(=O)c2ccccc2Cl)C2CC2)c1C. The molecule has 1 saturated carbocycles. The first-order valence-corrected chi connectivity index (χ1v) is 9.54. The maximum absolute atomic E-state index is 13.3. The topological polar surface area (TPSA) is 79.5 Å². The van der Waals surface area contributed by atoms with E-state index in [1.54, 1.807) is 49.9 Å². The third-order valence-corrected chi connectivity index (χ3v) is 5.48. The van der Waals surface area contributed by atoms with Crippen LogP contribution >= 0.6 is 11.6 Å². The van der Waals surface area contributed by atoms with Crippen molar-refractivity contribution in [2.75, 3.05) is 7.11 Å². The van der Waals surface area contributed by atoms with Gasteiger partial charge in [0.25, 0.3) is 5.91 Å². The lowest BCUT2D eigenvalue weighted by Gasteiger charge is -2.29. The number of rotatable bonds is 6. The van der Waals surface area contributed by atoms with Crippen LogP contribution in [0, 0.1) is 13.8 Å². The zero-order chi connectivity index (χ0) is 20.6. The van der Waals surface area contributed by atoms with Crippen molar-refractivity contribution in [3.63, 3.8) is 0 Å². The molecule has 2 aromatic rings. The van der Waals surface area contributed by atoms with Gasteiger partial charge < -0.3 is 14.6 Å². The van der Waals surface area contributed by atoms with E-state index in [-0.39, 0.29) is 23.4 Å². The van der Waals surface area contributed by atoms with Gasteiger partial charge in [-0.3, -0.25) is 9.59 Å². The Morgan fingerprint density at radius 1 is 1.21 bits per heavy atom. The van der Waals surface area contributed by atoms with E-state index in [2.05, 4.69) is 4.98 Å². The zero-order valence-corrected chi connectivity index (χ0v) is 17.1. The standard InChI is InChI=1S/C21H23ClN2O4/c1-11-17(12(2)23-18(11)21(27)28-4)19(25)13(3)24(14-9-10-14)20(26)15-7-5-6-8-16(15)22/h5-8,13-14,23H,9-10H2,1-4H3/t13-/m1/s1. The number of ketones is 1. The van der Waals surface area contributed by atoms with Gasteiger partial charge in [0.2, 0.25) is 0 Å². The average molecular weight is 403 g/mol. The van der Waals surface area contributed by atoms with Gasteiger partial charge in [0, 0.05) is 17.3 Å². The molecule has 1 aromatic heterocycles. The van der Waals surface area contributed by atoms with E-state index in [0.717, 1.165) is 12.8 Å². The molecule has 1 aliphatic rings. The summed E-state index contributed by atoms with van der Waals surface area (Å²) in [6.45, 7) is 5.16. The van der Waals surface area contributed by atoms with Crippen molar-refractivity contribution in [1.29, 1.82) is 0 Å². The smallest absolute Gasteiger partial charge is 0.354 e. The van der Waals surface area contributed by atoms with Crippen LogP contribution in [0.2, 0.25) is 5.02 Å². The van der Waals surface area contributed by atoms with E-state index in [1.807, 2.05) is 0 Å². The van der Waals surface area contributed by atoms with Crippen molar-refractivity contribution in [3.8, 4) is 0 Å². The van der Waals surface area contributed by atoms with Crippen molar-refractivity contribution >= 4 is 29.3 Å². The Balaban J connectivity index is 1.95. The molecule has 1 atom stereocenters. The largest absolute Gasteiger partial charge is 0.464 e. The highest BCUT2D eigenvalue weighted by Gasteiger charge is 2.40. The lowest BCUT2D eigenvalue weighted by Crippen LogP contribution is -2.45. The third-order valence-electron chi connectivity index (χ3n) is 5.15. The number of amides is 1. The lowest BCUT2D eigenvalue weighted by atomic mass is 9.99. The summed E-state index contributed by atoms with van der Waals surface area (Å²) < 4.78 is 4.77. The predicted octanol–water partition coefficient (Wildman–Crippen LogP) is 3.95. The number of carbonyl (C=O) groups is 3. The molecule has 28 heavy (non-hydrogen) atoms. The molecule has 1 aliphatic carbocycles. The number of H-pyrrole nitrogens is 1. The fraction of sp³-hybridized carbons (Fsp3) is 0.381. The number of ether oxygens (including phenoxy) is 1. The fourth-order valence-electron chi connectivity index (χ4n) is 3.55. The maximum atomic E-state index is 13.3. The van der Waals surface area contributed by atoms with Gasteiger partial charge in [-0.25, -0.2) is 4.79 Å². The minimum Gasteiger partial charge on any atom is -0.464 e. The summed E-state index contributed by atoms with van der Waals surface area (Å²) in [5.41, 5.74) is 2.17. The molecule has 0 radical (unpaired) electrons. The number of aromatic nitrogens is 1. The first-order chi connectivity index (χ1) is 13.3. The number of nitrogens with zero attached hydrogens (tertiary/aromatic N) is 1. The minimum absolute atomic E-state index is 0.0161. The number of esters is 1. The van der Waals surface area contributed by atoms with Gasteiger partial charge in [-0.1, -0.05) is 23.7 Å². The van der Waals surface area contributed by atoms with E-state index in [9.17, 15) is 14.4 Å². The number of Topliss-reactive ketones (excluding diaryl/α,β-unsaturated/α-hetero) is 1. The molecule has 1 heterocycles. The molecule has 0 spiro atoms. The first-order valence-electron chi connectivity index (χ1n) is 9.16. The van der Waals surface area contributed by atoms with E-state index in [1.165, 1.54) is 7.11 Å². The Kier molecular flexibility index (Phi) is 5.61. The second kappa shape index (κ2) is 7.80. The number of aryl methyl sites for hydroxylation is 1. The number of benzene rings is 1. The molecule has 1 aromatic carbocycles. The second-order valence-electron chi connectivity index (χ2n) is 7.08. The lowest BCUT2D eigenvalue weighted by molar-refractivity contribution is 0.0591. The molecule has 1 amide bonds. The highest BCUT2D eigenvalue weighted by atomic mass is 35.5. The number of halogens is 1. The van der Waals surface area contributed by atoms with Crippen molar-refractivity contribution in [2.45, 2.75) is 45.7 Å². The molecule has 1 N–H and O–H groups in total. The molecule has 148 valence electrons. The Labute approximate surface area is 168 Å². The van der Waals surface area contributed by atoms with Crippen LogP contribution in [-0.2, 0) is 4.74 Å². The van der Waals surface area contributed by atoms with Crippen LogP contribution in [0.3, 0.4) is 0 Å². The van der Waals surface area contributed by atoms with Gasteiger partial charge in [-0.05, 0) is 51.3 Å². The van der Waals surface area contributed by atoms with Crippen LogP contribution < -0.4 is 0 Å². The highest BCUT2D eigenvalue weighted by molar-refractivity contribution is 6.33. The molecule has 3 rings (SSSR count). The number of nitrogens with one attached hydrogen (secondary N) is 1. The van der Waals surface area contributed by atoms with Crippen LogP contribution in [-0.4, -0.2) is 46.7 Å². The third kappa shape index (κ3) is 3.56. The van der Waals surface area contributed by atoms with Crippen molar-refractivity contribution in [1.82, 2.24) is 9.88 Å². The summed E-state index contributed by atoms with van der Waals surface area (Å²) in [6.07, 6.45) is 1.71. The van der Waals surface area contributed by atoms with Gasteiger partial charge in [0.15, 0.2) is 5.78 Å². The number of aromatic amines is 1. The summed E-state index contributed by atoms with van der Waals surface area (Å²) in [7, 11) is 1.29. The summed E-state index contributed by atoms with van der Waals surface area (Å²) in [4.78, 5) is 42.9. The van der Waals surface area contributed by atoms with Crippen LogP contribution in [0.4, 0.5) is 0 Å². The van der Waals surface area contributed by atoms with Crippen molar-refractivity contribution < 1.29 is 19.1 Å². The number of carbonyl (C=O) groups excluding carboxylic acids is 3. The monoisotopic (exact) mass is 402 g/mol. The molecule has 0 saturated heterocycles. The molecule has 6 nitrogen and oxygen atoms in total. The normalized spacial score (nSPS) is 14.5. The van der Waals surface area contributed by atoms with E-state index >= 15 is 0 Å². The molecule has 0 bridgehead atoms. The van der Waals surface area contributed by atoms with Gasteiger partial charge in [-0.2, -0.15) is 0 Å². The first kappa shape index (κ1) is 20.1. The zero-order valence-electron chi connectivity index (χ0n) is 16.3. The molecular formula is C21H23ClN2O4. The van der Waals surface area contributed by atoms with Gasteiger partial charge in [0.05, 0.1) is 23.7 Å². The molecule has 0 unspecified atom stereocenters. The Hall–Kier alpha value is -2.60. The van der Waals surface area contributed by atoms with E-state index in [4.69, 9.17) is 16.3 Å². The fourth-order valence-corrected chi connectivity index (χ4v) is 3.76. The molecular weight excluding hydrogens is 380 g/mol. The van der Waals surface area contributed by atoms with Crippen LogP contribution in [0.25, 0.3) is 0 Å². The maximum Gasteiger partial charge on any atom is 0.354 e. The molecule has 1 fully saturated rings. The van der Waals surface area contributed by atoms with Gasteiger partial charge in [-0.15, -0.1) is 0 Å². The van der Waals surface area contributed by atoms with Gasteiger partial charge in [0.1, 0.15) is 5.69 Å². The Morgan fingerprint density at radius 3 is 2.43 bits per heavy atom. The quantitative estimate of drug-likeness (QED) is 0.586. The van der Waals surface area contributed by atoms with Gasteiger partial charge >= 0.3 is 5.97 Å². The highest BCUT2D eigenvalue weighted by Crippen LogP contribution is 2.33. The second-order valence-corrected chi connectivity index (χ2v) is 7.49. The van der Waals surface area contributed by atoms with Crippen molar-refractivity contribution in [2.24, 2.45) is 0 Å². The number of hydrogen-bond acceptors (Lipinski definition) is 4. The van der Waals surface area contributed by atoms with Crippen LogP contribution in [0.15, 0.2) is 24.3 Å². The average Bonchev–Trinajstić information content (AvgIpc) is 3.45. The van der Waals surface area contributed by atoms with E-state index < -0.39 is 12.0 Å². The summed E-state index contributed by atoms with van der Waals surface area (Å²) in [6, 6.07) is 6.17. The Bertz CT molecular complexity index is 946. The number of methoxy groups -OCH3 is 1. The van der Waals surface area contributed by atoms with Crippen molar-refractivity contribution in [3.05, 3.63) is 57.4 Å². The van der Waals surface area contributed by atoms with E-state index in [0.29, 0.717) is 27.4 Å². The number of hydrogen-bond donors (Lipinski definition) is 1. The van der Waals surface area contributed by atoms with Crippen LogP contribution in [0.1, 0.15) is 62.2 Å². The summed E-state index contributed by atoms with van der Waals surface area (Å²) in [5, 5.41) is 0.361. The predicted molar refractivity (Wildman–Crippen MR) is 106 cm³/mol. The van der Waals surface area contributed by atoms with Crippen LogP contribution in [0.5, 0.6) is 0 Å². The summed E-state index contributed by atoms with van der Waals surface area (Å²) in [5.74, 6) is -1.000. The Morgan fingerprint density at radius 2 is 1.86 bits per heavy atom. The minimum atomic E-state index is -0.685. The molecule has 7 heteroatoms. The molecule has 0 aliphatic heterocycles. The summed E-state index contributed by atoms with van der Waals surface area (Å²) >= 11 is 6.21.